The minimum Gasteiger partial charge on any atom is -0.383 e. The van der Waals surface area contributed by atoms with Crippen LogP contribution in [0.5, 0.6) is 0 Å². The largest absolute Gasteiger partial charge is 0.383 e. The molecule has 22 heavy (non-hydrogen) atoms. The molecule has 0 radical (unpaired) electrons. The maximum Gasteiger partial charge on any atom is 0.230 e. The Bertz CT molecular complexity index is 633. The van der Waals surface area contributed by atoms with Gasteiger partial charge in [-0.3, -0.25) is 9.59 Å². The Morgan fingerprint density at radius 3 is 2.91 bits per heavy atom. The lowest BCUT2D eigenvalue weighted by molar-refractivity contribution is -0.128. The Kier molecular flexibility index (Phi) is 5.16. The number of ether oxygens (including phenoxy) is 1. The summed E-state index contributed by atoms with van der Waals surface area (Å²) in [5.41, 5.74) is 1.41. The van der Waals surface area contributed by atoms with Crippen molar-refractivity contribution in [2.24, 2.45) is 5.92 Å². The molecule has 1 aromatic heterocycles. The van der Waals surface area contributed by atoms with Crippen LogP contribution in [-0.4, -0.2) is 43.5 Å². The average Bonchev–Trinajstić information content (AvgIpc) is 2.98. The summed E-state index contributed by atoms with van der Waals surface area (Å²) < 4.78 is 4.96. The van der Waals surface area contributed by atoms with Gasteiger partial charge in [0.2, 0.25) is 11.8 Å². The quantitative estimate of drug-likeness (QED) is 0.894. The van der Waals surface area contributed by atoms with E-state index in [0.29, 0.717) is 30.3 Å². The highest BCUT2D eigenvalue weighted by molar-refractivity contribution is 7.16. The van der Waals surface area contributed by atoms with Crippen molar-refractivity contribution in [3.63, 3.8) is 0 Å². The molecule has 1 aromatic rings. The summed E-state index contributed by atoms with van der Waals surface area (Å²) in [6, 6.07) is 2.13. The summed E-state index contributed by atoms with van der Waals surface area (Å²) in [6.07, 6.45) is 0.209. The third-order valence-corrected chi connectivity index (χ3v) is 5.01. The molecule has 0 aromatic carbocycles. The Labute approximate surface area is 133 Å². The molecule has 1 aliphatic rings. The molecule has 1 unspecified atom stereocenters. The van der Waals surface area contributed by atoms with Gasteiger partial charge in [0.15, 0.2) is 0 Å². The van der Waals surface area contributed by atoms with E-state index < -0.39 is 0 Å². The zero-order chi connectivity index (χ0) is 16.3. The maximum absolute atomic E-state index is 12.3. The summed E-state index contributed by atoms with van der Waals surface area (Å²) in [7, 11) is 1.58. The predicted molar refractivity (Wildman–Crippen MR) is 83.7 cm³/mol. The number of nitriles is 1. The second kappa shape index (κ2) is 6.90. The Hall–Kier alpha value is -1.91. The van der Waals surface area contributed by atoms with Crippen LogP contribution >= 0.6 is 11.3 Å². The summed E-state index contributed by atoms with van der Waals surface area (Å²) in [5.74, 6) is -0.610. The van der Waals surface area contributed by atoms with Crippen LogP contribution in [0.3, 0.4) is 0 Å². The van der Waals surface area contributed by atoms with Gasteiger partial charge in [0.05, 0.1) is 18.1 Å². The fourth-order valence-electron chi connectivity index (χ4n) is 2.43. The zero-order valence-electron chi connectivity index (χ0n) is 12.9. The number of likely N-dealkylation sites (tertiary alicyclic amines) is 1. The molecule has 7 heteroatoms. The zero-order valence-corrected chi connectivity index (χ0v) is 13.7. The van der Waals surface area contributed by atoms with Crippen molar-refractivity contribution >= 4 is 28.2 Å². The van der Waals surface area contributed by atoms with Gasteiger partial charge in [-0.15, -0.1) is 11.3 Å². The molecule has 0 aliphatic carbocycles. The normalized spacial score (nSPS) is 17.6. The molecule has 2 amide bonds. The first kappa shape index (κ1) is 16.5. The minimum atomic E-state index is -0.376. The molecule has 1 saturated heterocycles. The molecule has 0 saturated carbocycles. The highest BCUT2D eigenvalue weighted by atomic mass is 32.1. The van der Waals surface area contributed by atoms with Gasteiger partial charge in [-0.2, -0.15) is 5.26 Å². The van der Waals surface area contributed by atoms with Crippen LogP contribution in [0.15, 0.2) is 0 Å². The number of thiophene rings is 1. The molecule has 0 spiro atoms. The standard InChI is InChI=1S/C15H19N3O3S/c1-9-10(2)22-15(12(9)7-16)17-14(20)11-6-13(19)18(8-11)4-5-21-3/h11H,4-6,8H2,1-3H3,(H,17,20). The van der Waals surface area contributed by atoms with Gasteiger partial charge in [0, 0.05) is 31.5 Å². The minimum absolute atomic E-state index is 0.0313. The second-order valence-electron chi connectivity index (χ2n) is 5.32. The van der Waals surface area contributed by atoms with E-state index in [0.717, 1.165) is 10.4 Å². The van der Waals surface area contributed by atoms with Gasteiger partial charge in [-0.05, 0) is 19.4 Å². The number of rotatable bonds is 5. The lowest BCUT2D eigenvalue weighted by Gasteiger charge is -2.15. The number of amides is 2. The first-order chi connectivity index (χ1) is 10.5. The first-order valence-electron chi connectivity index (χ1n) is 7.05. The summed E-state index contributed by atoms with van der Waals surface area (Å²) in [4.78, 5) is 26.9. The fraction of sp³-hybridized carbons (Fsp3) is 0.533. The van der Waals surface area contributed by atoms with E-state index >= 15 is 0 Å². The van der Waals surface area contributed by atoms with Gasteiger partial charge in [0.1, 0.15) is 11.1 Å². The fourth-order valence-corrected chi connectivity index (χ4v) is 3.44. The van der Waals surface area contributed by atoms with E-state index in [9.17, 15) is 14.9 Å². The Morgan fingerprint density at radius 2 is 2.27 bits per heavy atom. The van der Waals surface area contributed by atoms with Gasteiger partial charge in [-0.25, -0.2) is 0 Å². The molecular formula is C15H19N3O3S. The van der Waals surface area contributed by atoms with Gasteiger partial charge < -0.3 is 15.0 Å². The molecule has 2 rings (SSSR count). The molecule has 0 bridgehead atoms. The number of carbonyl (C=O) groups excluding carboxylic acids is 2. The summed E-state index contributed by atoms with van der Waals surface area (Å²) >= 11 is 1.40. The Morgan fingerprint density at radius 1 is 1.55 bits per heavy atom. The molecule has 2 heterocycles. The van der Waals surface area contributed by atoms with E-state index in [1.54, 1.807) is 12.0 Å². The first-order valence-corrected chi connectivity index (χ1v) is 7.87. The van der Waals surface area contributed by atoms with Crippen LogP contribution in [0.2, 0.25) is 0 Å². The number of hydrogen-bond acceptors (Lipinski definition) is 5. The smallest absolute Gasteiger partial charge is 0.230 e. The highest BCUT2D eigenvalue weighted by Gasteiger charge is 2.34. The number of aryl methyl sites for hydroxylation is 1. The summed E-state index contributed by atoms with van der Waals surface area (Å²) in [5, 5.41) is 12.6. The van der Waals surface area contributed by atoms with E-state index in [1.165, 1.54) is 11.3 Å². The van der Waals surface area contributed by atoms with Gasteiger partial charge >= 0.3 is 0 Å². The van der Waals surface area contributed by atoms with Crippen molar-refractivity contribution in [2.75, 3.05) is 32.1 Å². The number of carbonyl (C=O) groups is 2. The number of methoxy groups -OCH3 is 1. The summed E-state index contributed by atoms with van der Waals surface area (Å²) in [6.45, 7) is 5.15. The topological polar surface area (TPSA) is 82.4 Å². The van der Waals surface area contributed by atoms with Crippen molar-refractivity contribution in [3.05, 3.63) is 16.0 Å². The van der Waals surface area contributed by atoms with Crippen LogP contribution in [-0.2, 0) is 14.3 Å². The average molecular weight is 321 g/mol. The van der Waals surface area contributed by atoms with Crippen LogP contribution < -0.4 is 5.32 Å². The number of anilines is 1. The van der Waals surface area contributed by atoms with Crippen LogP contribution in [0.25, 0.3) is 0 Å². The molecular weight excluding hydrogens is 302 g/mol. The van der Waals surface area contributed by atoms with Crippen molar-refractivity contribution in [2.45, 2.75) is 20.3 Å². The molecule has 1 fully saturated rings. The second-order valence-corrected chi connectivity index (χ2v) is 6.55. The van der Waals surface area contributed by atoms with Crippen molar-refractivity contribution in [1.29, 1.82) is 5.26 Å². The van der Waals surface area contributed by atoms with Gasteiger partial charge in [0.25, 0.3) is 0 Å². The number of nitrogens with zero attached hydrogens (tertiary/aromatic N) is 2. The lowest BCUT2D eigenvalue weighted by atomic mass is 10.1. The molecule has 118 valence electrons. The van der Waals surface area contributed by atoms with Gasteiger partial charge in [-0.1, -0.05) is 0 Å². The molecule has 1 aliphatic heterocycles. The predicted octanol–water partition coefficient (Wildman–Crippen LogP) is 1.67. The third kappa shape index (κ3) is 3.29. The lowest BCUT2D eigenvalue weighted by Crippen LogP contribution is -2.30. The van der Waals surface area contributed by atoms with Crippen LogP contribution in [0, 0.1) is 31.1 Å². The third-order valence-electron chi connectivity index (χ3n) is 3.88. The van der Waals surface area contributed by atoms with Crippen LogP contribution in [0.4, 0.5) is 5.00 Å². The van der Waals surface area contributed by atoms with Crippen molar-refractivity contribution in [1.82, 2.24) is 4.90 Å². The Balaban J connectivity index is 2.03. The van der Waals surface area contributed by atoms with E-state index in [-0.39, 0.29) is 24.2 Å². The van der Waals surface area contributed by atoms with Crippen molar-refractivity contribution < 1.29 is 14.3 Å². The number of hydrogen-bond donors (Lipinski definition) is 1. The van der Waals surface area contributed by atoms with E-state index in [1.807, 2.05) is 13.8 Å². The molecule has 1 atom stereocenters. The van der Waals surface area contributed by atoms with Crippen LogP contribution in [0.1, 0.15) is 22.4 Å². The highest BCUT2D eigenvalue weighted by Crippen LogP contribution is 2.32. The SMILES string of the molecule is COCCN1CC(C(=O)Nc2sc(C)c(C)c2C#N)CC1=O. The monoisotopic (exact) mass is 321 g/mol. The molecule has 6 nitrogen and oxygen atoms in total. The number of nitrogens with one attached hydrogen (secondary N) is 1. The maximum atomic E-state index is 12.3. The van der Waals surface area contributed by atoms with E-state index in [2.05, 4.69) is 11.4 Å². The van der Waals surface area contributed by atoms with Crippen molar-refractivity contribution in [3.8, 4) is 6.07 Å². The molecule has 1 N–H and O–H groups in total. The van der Waals surface area contributed by atoms with E-state index in [4.69, 9.17) is 4.74 Å².